The average molecular weight is 446 g/mol. The molecular weight excluding hydrogens is 429 g/mol. The lowest BCUT2D eigenvalue weighted by atomic mass is 10.2. The molecule has 1 aliphatic rings. The molecule has 2 heterocycles. The molecule has 0 aliphatic carbocycles. The number of piperazine rings is 1. The summed E-state index contributed by atoms with van der Waals surface area (Å²) < 4.78 is 27.5. The molecule has 24 heavy (non-hydrogen) atoms. The minimum Gasteiger partial charge on any atom is -0.336 e. The van der Waals surface area contributed by atoms with E-state index < -0.39 is 6.55 Å². The van der Waals surface area contributed by atoms with Gasteiger partial charge in [0.1, 0.15) is 5.82 Å². The third-order valence-corrected chi connectivity index (χ3v) is 5.03. The first-order valence-corrected chi connectivity index (χ1v) is 8.70. The molecule has 5 nitrogen and oxygen atoms in total. The SMILES string of the molecule is O=C(c1ccccc1I)N1CCN(Cc2nccn2C(F)F)CC1. The van der Waals surface area contributed by atoms with Gasteiger partial charge in [0, 0.05) is 42.1 Å². The lowest BCUT2D eigenvalue weighted by Gasteiger charge is -2.34. The van der Waals surface area contributed by atoms with E-state index >= 15 is 0 Å². The van der Waals surface area contributed by atoms with Gasteiger partial charge in [0.2, 0.25) is 0 Å². The highest BCUT2D eigenvalue weighted by atomic mass is 127. The Labute approximate surface area is 152 Å². The van der Waals surface area contributed by atoms with Crippen LogP contribution in [0.2, 0.25) is 0 Å². The molecule has 1 amide bonds. The predicted molar refractivity (Wildman–Crippen MR) is 93.8 cm³/mol. The smallest absolute Gasteiger partial charge is 0.319 e. The maximum Gasteiger partial charge on any atom is 0.319 e. The van der Waals surface area contributed by atoms with Gasteiger partial charge in [0.25, 0.3) is 5.91 Å². The van der Waals surface area contributed by atoms with Gasteiger partial charge in [-0.25, -0.2) is 4.98 Å². The van der Waals surface area contributed by atoms with Gasteiger partial charge < -0.3 is 4.90 Å². The molecule has 0 atom stereocenters. The van der Waals surface area contributed by atoms with Crippen molar-refractivity contribution in [1.29, 1.82) is 0 Å². The molecule has 128 valence electrons. The first kappa shape index (κ1) is 17.3. The summed E-state index contributed by atoms with van der Waals surface area (Å²) in [5, 5.41) is 0. The van der Waals surface area contributed by atoms with Gasteiger partial charge in [-0.15, -0.1) is 0 Å². The number of amides is 1. The van der Waals surface area contributed by atoms with Crippen LogP contribution in [-0.4, -0.2) is 51.4 Å². The van der Waals surface area contributed by atoms with Crippen LogP contribution in [0, 0.1) is 3.57 Å². The van der Waals surface area contributed by atoms with Gasteiger partial charge in [0.15, 0.2) is 0 Å². The van der Waals surface area contributed by atoms with Crippen LogP contribution in [0.5, 0.6) is 0 Å². The van der Waals surface area contributed by atoms with Gasteiger partial charge in [-0.05, 0) is 34.7 Å². The number of hydrogen-bond donors (Lipinski definition) is 0. The Morgan fingerprint density at radius 2 is 1.92 bits per heavy atom. The number of hydrogen-bond acceptors (Lipinski definition) is 3. The van der Waals surface area contributed by atoms with Gasteiger partial charge in [-0.2, -0.15) is 8.78 Å². The van der Waals surface area contributed by atoms with E-state index in [2.05, 4.69) is 27.6 Å². The molecule has 3 rings (SSSR count). The lowest BCUT2D eigenvalue weighted by molar-refractivity contribution is 0.0555. The summed E-state index contributed by atoms with van der Waals surface area (Å²) in [5.74, 6) is 0.371. The highest BCUT2D eigenvalue weighted by Gasteiger charge is 2.24. The molecule has 1 fully saturated rings. The molecular formula is C16H17F2IN4O. The van der Waals surface area contributed by atoms with Crippen LogP contribution in [0.1, 0.15) is 22.7 Å². The number of nitrogens with zero attached hydrogens (tertiary/aromatic N) is 4. The van der Waals surface area contributed by atoms with Gasteiger partial charge >= 0.3 is 6.55 Å². The number of halogens is 3. The van der Waals surface area contributed by atoms with Gasteiger partial charge in [-0.1, -0.05) is 12.1 Å². The fourth-order valence-corrected chi connectivity index (χ4v) is 3.38. The largest absolute Gasteiger partial charge is 0.336 e. The van der Waals surface area contributed by atoms with E-state index in [9.17, 15) is 13.6 Å². The number of rotatable bonds is 4. The van der Waals surface area contributed by atoms with E-state index in [0.717, 1.165) is 8.14 Å². The maximum atomic E-state index is 12.9. The van der Waals surface area contributed by atoms with Crippen molar-refractivity contribution >= 4 is 28.5 Å². The van der Waals surface area contributed by atoms with Crippen LogP contribution in [0.3, 0.4) is 0 Å². The summed E-state index contributed by atoms with van der Waals surface area (Å²) in [4.78, 5) is 20.4. The van der Waals surface area contributed by atoms with Crippen LogP contribution in [0.4, 0.5) is 8.78 Å². The minimum absolute atomic E-state index is 0.0220. The van der Waals surface area contributed by atoms with Crippen molar-refractivity contribution in [3.63, 3.8) is 0 Å². The Kier molecular flexibility index (Phi) is 5.44. The van der Waals surface area contributed by atoms with E-state index in [4.69, 9.17) is 0 Å². The highest BCUT2D eigenvalue weighted by Crippen LogP contribution is 2.17. The van der Waals surface area contributed by atoms with Crippen molar-refractivity contribution in [1.82, 2.24) is 19.4 Å². The Bertz CT molecular complexity index is 714. The fourth-order valence-electron chi connectivity index (χ4n) is 2.76. The van der Waals surface area contributed by atoms with Crippen LogP contribution in [0.15, 0.2) is 36.7 Å². The molecule has 1 saturated heterocycles. The molecule has 0 bridgehead atoms. The Morgan fingerprint density at radius 1 is 1.21 bits per heavy atom. The second-order valence-electron chi connectivity index (χ2n) is 5.58. The molecule has 0 saturated carbocycles. The van der Waals surface area contributed by atoms with Crippen LogP contribution < -0.4 is 0 Å². The molecule has 1 aromatic carbocycles. The highest BCUT2D eigenvalue weighted by molar-refractivity contribution is 14.1. The number of imidazole rings is 1. The Hall–Kier alpha value is -1.55. The summed E-state index contributed by atoms with van der Waals surface area (Å²) in [6.45, 7) is 0.238. The van der Waals surface area contributed by atoms with E-state index in [1.807, 2.05) is 34.1 Å². The van der Waals surface area contributed by atoms with Crippen LogP contribution in [-0.2, 0) is 6.54 Å². The van der Waals surface area contributed by atoms with Crippen molar-refractivity contribution in [2.75, 3.05) is 26.2 Å². The van der Waals surface area contributed by atoms with Crippen LogP contribution in [0.25, 0.3) is 0 Å². The normalized spacial score (nSPS) is 15.9. The quantitative estimate of drug-likeness (QED) is 0.679. The summed E-state index contributed by atoms with van der Waals surface area (Å²) in [5.41, 5.74) is 0.708. The lowest BCUT2D eigenvalue weighted by Crippen LogP contribution is -2.48. The number of benzene rings is 1. The summed E-state index contributed by atoms with van der Waals surface area (Å²) in [6.07, 6.45) is 2.68. The predicted octanol–water partition coefficient (Wildman–Crippen LogP) is 2.84. The fraction of sp³-hybridized carbons (Fsp3) is 0.375. The molecule has 0 unspecified atom stereocenters. The Balaban J connectivity index is 1.59. The van der Waals surface area contributed by atoms with Gasteiger partial charge in [-0.3, -0.25) is 14.3 Å². The zero-order valence-electron chi connectivity index (χ0n) is 12.9. The van der Waals surface area contributed by atoms with Crippen molar-refractivity contribution in [3.05, 3.63) is 51.6 Å². The summed E-state index contributed by atoms with van der Waals surface area (Å²) in [6, 6.07) is 7.50. The average Bonchev–Trinajstić information content (AvgIpc) is 3.04. The number of alkyl halides is 2. The maximum absolute atomic E-state index is 12.9. The number of carbonyl (C=O) groups excluding carboxylic acids is 1. The van der Waals surface area contributed by atoms with Crippen molar-refractivity contribution in [2.24, 2.45) is 0 Å². The third kappa shape index (κ3) is 3.75. The van der Waals surface area contributed by atoms with Crippen molar-refractivity contribution in [2.45, 2.75) is 13.1 Å². The molecule has 0 N–H and O–H groups in total. The third-order valence-electron chi connectivity index (χ3n) is 4.09. The molecule has 0 radical (unpaired) electrons. The van der Waals surface area contributed by atoms with E-state index in [-0.39, 0.29) is 5.91 Å². The number of carbonyl (C=O) groups is 1. The molecule has 1 aliphatic heterocycles. The first-order chi connectivity index (χ1) is 11.6. The summed E-state index contributed by atoms with van der Waals surface area (Å²) >= 11 is 2.16. The molecule has 1 aromatic heterocycles. The molecule has 8 heteroatoms. The topological polar surface area (TPSA) is 41.4 Å². The molecule has 0 spiro atoms. The van der Waals surface area contributed by atoms with Gasteiger partial charge in [0.05, 0.1) is 12.1 Å². The monoisotopic (exact) mass is 446 g/mol. The minimum atomic E-state index is -2.58. The van der Waals surface area contributed by atoms with E-state index in [0.29, 0.717) is 44.1 Å². The first-order valence-electron chi connectivity index (χ1n) is 7.62. The second-order valence-corrected chi connectivity index (χ2v) is 6.74. The van der Waals surface area contributed by atoms with Crippen molar-refractivity contribution < 1.29 is 13.6 Å². The number of aromatic nitrogens is 2. The Morgan fingerprint density at radius 3 is 2.58 bits per heavy atom. The van der Waals surface area contributed by atoms with E-state index in [1.165, 1.54) is 12.4 Å². The zero-order chi connectivity index (χ0) is 17.1. The van der Waals surface area contributed by atoms with Crippen molar-refractivity contribution in [3.8, 4) is 0 Å². The summed E-state index contributed by atoms with van der Waals surface area (Å²) in [7, 11) is 0. The van der Waals surface area contributed by atoms with E-state index in [1.54, 1.807) is 0 Å². The molecule has 2 aromatic rings. The standard InChI is InChI=1S/C16H17F2IN4O/c17-16(18)23-6-5-20-14(23)11-21-7-9-22(10-8-21)15(24)12-3-1-2-4-13(12)19/h1-6,16H,7-11H2. The second kappa shape index (κ2) is 7.56. The van der Waals surface area contributed by atoms with Crippen LogP contribution >= 0.6 is 22.6 Å². The zero-order valence-corrected chi connectivity index (χ0v) is 15.1.